The van der Waals surface area contributed by atoms with Crippen molar-refractivity contribution in [3.8, 4) is 0 Å². The highest BCUT2D eigenvalue weighted by Crippen LogP contribution is 2.27. The van der Waals surface area contributed by atoms with Crippen LogP contribution < -0.4 is 4.90 Å². The molecule has 2 aromatic heterocycles. The Hall–Kier alpha value is -2.22. The number of hydrogen-bond donors (Lipinski definition) is 1. The molecule has 0 spiro atoms. The molecule has 0 radical (unpaired) electrons. The van der Waals surface area contributed by atoms with Crippen molar-refractivity contribution in [2.24, 2.45) is 5.92 Å². The number of aromatic nitrogens is 2. The summed E-state index contributed by atoms with van der Waals surface area (Å²) in [7, 11) is 0. The monoisotopic (exact) mass is 320 g/mol. The average Bonchev–Trinajstić information content (AvgIpc) is 3.02. The predicted octanol–water partition coefficient (Wildman–Crippen LogP) is 1.06. The van der Waals surface area contributed by atoms with Crippen LogP contribution in [0.3, 0.4) is 0 Å². The number of aliphatic carboxylic acids is 1. The molecule has 8 heteroatoms. The van der Waals surface area contributed by atoms with Gasteiger partial charge >= 0.3 is 5.97 Å². The maximum Gasteiger partial charge on any atom is 0.315 e. The van der Waals surface area contributed by atoms with E-state index in [1.165, 1.54) is 6.92 Å². The molecule has 1 aliphatic heterocycles. The number of carboxylic acids is 1. The third-order valence-electron chi connectivity index (χ3n) is 3.87. The first-order valence-electron chi connectivity index (χ1n) is 7.02. The molecule has 0 saturated carbocycles. The smallest absolute Gasteiger partial charge is 0.315 e. The summed E-state index contributed by atoms with van der Waals surface area (Å²) in [5.74, 6) is -1.52. The number of nitrogens with zero attached hydrogens (tertiary/aromatic N) is 4. The SMILES string of the molecule is CC(C(=O)O)C(=O)N1CCN(c2ncnc3sccc23)CC1. The average molecular weight is 320 g/mol. The molecule has 0 bridgehead atoms. The largest absolute Gasteiger partial charge is 0.481 e. The fourth-order valence-electron chi connectivity index (χ4n) is 2.55. The summed E-state index contributed by atoms with van der Waals surface area (Å²) in [5.41, 5.74) is 0. The van der Waals surface area contributed by atoms with Crippen LogP contribution >= 0.6 is 11.3 Å². The van der Waals surface area contributed by atoms with E-state index in [4.69, 9.17) is 5.11 Å². The lowest BCUT2D eigenvalue weighted by Gasteiger charge is -2.36. The lowest BCUT2D eigenvalue weighted by molar-refractivity contribution is -0.150. The topological polar surface area (TPSA) is 86.6 Å². The molecule has 2 aromatic rings. The first kappa shape index (κ1) is 14.7. The normalized spacial score (nSPS) is 16.8. The number of fused-ring (bicyclic) bond motifs is 1. The van der Waals surface area contributed by atoms with Crippen molar-refractivity contribution in [2.45, 2.75) is 6.92 Å². The minimum atomic E-state index is -1.08. The van der Waals surface area contributed by atoms with Crippen molar-refractivity contribution in [3.63, 3.8) is 0 Å². The van der Waals surface area contributed by atoms with Crippen molar-refractivity contribution in [1.29, 1.82) is 0 Å². The molecule has 1 N–H and O–H groups in total. The van der Waals surface area contributed by atoms with Gasteiger partial charge in [0.25, 0.3) is 0 Å². The number of carbonyl (C=O) groups excluding carboxylic acids is 1. The van der Waals surface area contributed by atoms with Crippen LogP contribution in [0.5, 0.6) is 0 Å². The maximum atomic E-state index is 12.1. The van der Waals surface area contributed by atoms with Gasteiger partial charge in [-0.1, -0.05) is 0 Å². The van der Waals surface area contributed by atoms with Gasteiger partial charge in [0.2, 0.25) is 5.91 Å². The van der Waals surface area contributed by atoms with Gasteiger partial charge in [-0.15, -0.1) is 11.3 Å². The van der Waals surface area contributed by atoms with Crippen molar-refractivity contribution in [2.75, 3.05) is 31.1 Å². The van der Waals surface area contributed by atoms with Gasteiger partial charge in [0, 0.05) is 26.2 Å². The van der Waals surface area contributed by atoms with E-state index < -0.39 is 11.9 Å². The molecular formula is C14H16N4O3S. The molecule has 1 atom stereocenters. The molecule has 1 fully saturated rings. The van der Waals surface area contributed by atoms with Crippen LogP contribution in [0.15, 0.2) is 17.8 Å². The highest BCUT2D eigenvalue weighted by molar-refractivity contribution is 7.16. The molecule has 1 amide bonds. The molecule has 1 unspecified atom stereocenters. The number of piperazine rings is 1. The third-order valence-corrected chi connectivity index (χ3v) is 4.69. The van der Waals surface area contributed by atoms with Crippen molar-refractivity contribution in [3.05, 3.63) is 17.8 Å². The predicted molar refractivity (Wildman–Crippen MR) is 83.0 cm³/mol. The van der Waals surface area contributed by atoms with Crippen LogP contribution in [0, 0.1) is 5.92 Å². The van der Waals surface area contributed by atoms with Crippen LogP contribution in [-0.4, -0.2) is 58.0 Å². The highest BCUT2D eigenvalue weighted by Gasteiger charge is 2.29. The molecule has 0 aliphatic carbocycles. The van der Waals surface area contributed by atoms with Crippen molar-refractivity contribution in [1.82, 2.24) is 14.9 Å². The quantitative estimate of drug-likeness (QED) is 0.851. The molecule has 3 rings (SSSR count). The van der Waals surface area contributed by atoms with Crippen LogP contribution in [0.1, 0.15) is 6.92 Å². The number of hydrogen-bond acceptors (Lipinski definition) is 6. The fraction of sp³-hybridized carbons (Fsp3) is 0.429. The van der Waals surface area contributed by atoms with Crippen LogP contribution in [0.2, 0.25) is 0 Å². The second-order valence-corrected chi connectivity index (χ2v) is 6.10. The Morgan fingerprint density at radius 2 is 2.00 bits per heavy atom. The van der Waals surface area contributed by atoms with Crippen LogP contribution in [-0.2, 0) is 9.59 Å². The number of rotatable bonds is 3. The molecular weight excluding hydrogens is 304 g/mol. The van der Waals surface area contributed by atoms with Gasteiger partial charge in [0.15, 0.2) is 0 Å². The molecule has 22 heavy (non-hydrogen) atoms. The van der Waals surface area contributed by atoms with E-state index in [2.05, 4.69) is 14.9 Å². The zero-order valence-corrected chi connectivity index (χ0v) is 12.9. The first-order chi connectivity index (χ1) is 10.6. The summed E-state index contributed by atoms with van der Waals surface area (Å²) in [4.78, 5) is 36.2. The van der Waals surface area contributed by atoms with Crippen molar-refractivity contribution >= 4 is 39.2 Å². The minimum absolute atomic E-state index is 0.324. The Morgan fingerprint density at radius 1 is 1.27 bits per heavy atom. The van der Waals surface area contributed by atoms with E-state index in [-0.39, 0.29) is 5.91 Å². The van der Waals surface area contributed by atoms with Gasteiger partial charge in [-0.25, -0.2) is 9.97 Å². The zero-order valence-electron chi connectivity index (χ0n) is 12.1. The van der Waals surface area contributed by atoms with Gasteiger partial charge < -0.3 is 14.9 Å². The minimum Gasteiger partial charge on any atom is -0.481 e. The Morgan fingerprint density at radius 3 is 2.68 bits per heavy atom. The van der Waals surface area contributed by atoms with Gasteiger partial charge in [-0.05, 0) is 18.4 Å². The molecule has 3 heterocycles. The lowest BCUT2D eigenvalue weighted by atomic mass is 10.1. The van der Waals surface area contributed by atoms with E-state index >= 15 is 0 Å². The number of amides is 1. The summed E-state index contributed by atoms with van der Waals surface area (Å²) in [6.07, 6.45) is 1.55. The summed E-state index contributed by atoms with van der Waals surface area (Å²) in [5, 5.41) is 11.9. The van der Waals surface area contributed by atoms with Crippen LogP contribution in [0.25, 0.3) is 10.2 Å². The van der Waals surface area contributed by atoms with Gasteiger partial charge in [0.1, 0.15) is 22.9 Å². The number of carbonyl (C=O) groups is 2. The molecule has 0 aromatic carbocycles. The molecule has 1 saturated heterocycles. The number of carboxylic acid groups (broad SMARTS) is 1. The van der Waals surface area contributed by atoms with E-state index in [1.54, 1.807) is 22.6 Å². The zero-order chi connectivity index (χ0) is 15.7. The van der Waals surface area contributed by atoms with Crippen molar-refractivity contribution < 1.29 is 14.7 Å². The first-order valence-corrected chi connectivity index (χ1v) is 7.90. The Balaban J connectivity index is 1.71. The molecule has 7 nitrogen and oxygen atoms in total. The second kappa shape index (κ2) is 5.88. The van der Waals surface area contributed by atoms with E-state index in [9.17, 15) is 9.59 Å². The standard InChI is InChI=1S/C14H16N4O3S/c1-9(14(20)21)13(19)18-5-3-17(4-6-18)11-10-2-7-22-12(10)16-8-15-11/h2,7-9H,3-6H2,1H3,(H,20,21). The number of anilines is 1. The summed E-state index contributed by atoms with van der Waals surface area (Å²) >= 11 is 1.57. The molecule has 1 aliphatic rings. The van der Waals surface area contributed by atoms with Gasteiger partial charge in [0.05, 0.1) is 5.39 Å². The van der Waals surface area contributed by atoms with Gasteiger partial charge in [-0.3, -0.25) is 9.59 Å². The highest BCUT2D eigenvalue weighted by atomic mass is 32.1. The molecule has 116 valence electrons. The maximum absolute atomic E-state index is 12.1. The van der Waals surface area contributed by atoms with Crippen LogP contribution in [0.4, 0.5) is 5.82 Å². The lowest BCUT2D eigenvalue weighted by Crippen LogP contribution is -2.51. The van der Waals surface area contributed by atoms with E-state index in [1.807, 2.05) is 11.4 Å². The van der Waals surface area contributed by atoms with E-state index in [0.717, 1.165) is 16.0 Å². The number of thiophene rings is 1. The van der Waals surface area contributed by atoms with E-state index in [0.29, 0.717) is 26.2 Å². The second-order valence-electron chi connectivity index (χ2n) is 5.21. The van der Waals surface area contributed by atoms with Gasteiger partial charge in [-0.2, -0.15) is 0 Å². The fourth-order valence-corrected chi connectivity index (χ4v) is 3.27. The summed E-state index contributed by atoms with van der Waals surface area (Å²) < 4.78 is 0. The Bertz CT molecular complexity index is 709. The Labute approximate surface area is 131 Å². The summed E-state index contributed by atoms with van der Waals surface area (Å²) in [6.45, 7) is 3.72. The Kier molecular flexibility index (Phi) is 3.93. The third kappa shape index (κ3) is 2.61. The summed E-state index contributed by atoms with van der Waals surface area (Å²) in [6, 6.07) is 2.00.